The van der Waals surface area contributed by atoms with Crippen LogP contribution in [-0.4, -0.2) is 40.4 Å². The van der Waals surface area contributed by atoms with E-state index < -0.39 is 0 Å². The Balaban J connectivity index is 2.28. The van der Waals surface area contributed by atoms with Gasteiger partial charge in [0.2, 0.25) is 5.91 Å². The van der Waals surface area contributed by atoms with Crippen LogP contribution in [0.25, 0.3) is 0 Å². The van der Waals surface area contributed by atoms with E-state index in [0.717, 1.165) is 13.1 Å². The highest BCUT2D eigenvalue weighted by Gasteiger charge is 2.08. The quantitative estimate of drug-likeness (QED) is 0.758. The van der Waals surface area contributed by atoms with Crippen LogP contribution in [0.15, 0.2) is 18.5 Å². The van der Waals surface area contributed by atoms with Crippen LogP contribution < -0.4 is 5.32 Å². The highest BCUT2D eigenvalue weighted by Crippen LogP contribution is 1.89. The van der Waals surface area contributed by atoms with Crippen molar-refractivity contribution in [2.75, 3.05) is 19.6 Å². The minimum absolute atomic E-state index is 0.112. The van der Waals surface area contributed by atoms with E-state index in [1.165, 1.54) is 0 Å². The molecule has 0 atom stereocenters. The fourth-order valence-electron chi connectivity index (χ4n) is 1.39. The molecular formula is C11H18N4O. The van der Waals surface area contributed by atoms with Crippen molar-refractivity contribution >= 4 is 5.91 Å². The van der Waals surface area contributed by atoms with Gasteiger partial charge in [0.05, 0.1) is 13.1 Å². The van der Waals surface area contributed by atoms with Crippen LogP contribution in [0, 0.1) is 0 Å². The van der Waals surface area contributed by atoms with E-state index in [-0.39, 0.29) is 5.91 Å². The molecule has 1 aromatic rings. The number of nitrogens with zero attached hydrogens (tertiary/aromatic N) is 3. The first kappa shape index (κ1) is 12.6. The fourth-order valence-corrected chi connectivity index (χ4v) is 1.39. The smallest absolute Gasteiger partial charge is 0.236 e. The first-order chi connectivity index (χ1) is 7.77. The summed E-state index contributed by atoms with van der Waals surface area (Å²) in [6.45, 7) is 6.30. The zero-order chi connectivity index (χ0) is 11.8. The molecule has 1 heterocycles. The van der Waals surface area contributed by atoms with Crippen molar-refractivity contribution in [1.29, 1.82) is 0 Å². The van der Waals surface area contributed by atoms with Gasteiger partial charge in [-0.1, -0.05) is 0 Å². The number of hydrogen-bond acceptors (Lipinski definition) is 4. The number of aromatic nitrogens is 2. The number of amides is 1. The first-order valence-corrected chi connectivity index (χ1v) is 5.52. The molecule has 1 aromatic heterocycles. The minimum atomic E-state index is 0.112. The standard InChI is InChI=1S/C11H18N4O/c1-3-15(4-2)11(16)9-12-8-10-13-6-5-7-14-10/h5-7,12H,3-4,8-9H2,1-2H3. The third kappa shape index (κ3) is 3.94. The molecule has 0 aliphatic heterocycles. The molecule has 5 nitrogen and oxygen atoms in total. The predicted molar refractivity (Wildman–Crippen MR) is 61.7 cm³/mol. The zero-order valence-electron chi connectivity index (χ0n) is 9.81. The van der Waals surface area contributed by atoms with Gasteiger partial charge in [0.15, 0.2) is 0 Å². The molecule has 1 amide bonds. The van der Waals surface area contributed by atoms with Gasteiger partial charge >= 0.3 is 0 Å². The van der Waals surface area contributed by atoms with E-state index >= 15 is 0 Å². The summed E-state index contributed by atoms with van der Waals surface area (Å²) < 4.78 is 0. The Hall–Kier alpha value is -1.49. The molecule has 0 fully saturated rings. The van der Waals surface area contributed by atoms with Gasteiger partial charge in [-0.25, -0.2) is 9.97 Å². The van der Waals surface area contributed by atoms with Crippen molar-refractivity contribution in [2.24, 2.45) is 0 Å². The summed E-state index contributed by atoms with van der Waals surface area (Å²) in [6.07, 6.45) is 3.38. The van der Waals surface area contributed by atoms with Crippen LogP contribution >= 0.6 is 0 Å². The maximum Gasteiger partial charge on any atom is 0.236 e. The molecule has 16 heavy (non-hydrogen) atoms. The lowest BCUT2D eigenvalue weighted by Crippen LogP contribution is -2.37. The van der Waals surface area contributed by atoms with Gasteiger partial charge in [0.1, 0.15) is 5.82 Å². The predicted octanol–water partition coefficient (Wildman–Crippen LogP) is 0.435. The number of carbonyl (C=O) groups is 1. The highest BCUT2D eigenvalue weighted by molar-refractivity contribution is 5.78. The number of rotatable bonds is 6. The molecule has 1 rings (SSSR count). The number of carbonyl (C=O) groups excluding carboxylic acids is 1. The third-order valence-corrected chi connectivity index (χ3v) is 2.29. The van der Waals surface area contributed by atoms with E-state index in [0.29, 0.717) is 18.9 Å². The molecule has 0 unspecified atom stereocenters. The molecule has 0 aliphatic carbocycles. The summed E-state index contributed by atoms with van der Waals surface area (Å²) in [4.78, 5) is 21.5. The molecule has 0 saturated heterocycles. The lowest BCUT2D eigenvalue weighted by Gasteiger charge is -2.18. The topological polar surface area (TPSA) is 58.1 Å². The summed E-state index contributed by atoms with van der Waals surface area (Å²) in [5.74, 6) is 0.816. The molecule has 88 valence electrons. The molecule has 0 radical (unpaired) electrons. The number of likely N-dealkylation sites (N-methyl/N-ethyl adjacent to an activating group) is 1. The summed E-state index contributed by atoms with van der Waals surface area (Å²) in [7, 11) is 0. The van der Waals surface area contributed by atoms with Gasteiger partial charge in [0, 0.05) is 25.5 Å². The molecule has 0 aromatic carbocycles. The maximum atomic E-state index is 11.6. The van der Waals surface area contributed by atoms with Crippen molar-refractivity contribution in [3.63, 3.8) is 0 Å². The molecule has 5 heteroatoms. The Bertz CT molecular complexity index is 311. The second-order valence-corrected chi connectivity index (χ2v) is 3.33. The second-order valence-electron chi connectivity index (χ2n) is 3.33. The van der Waals surface area contributed by atoms with Gasteiger partial charge in [-0.2, -0.15) is 0 Å². The Labute approximate surface area is 95.9 Å². The second kappa shape index (κ2) is 6.90. The molecule has 1 N–H and O–H groups in total. The van der Waals surface area contributed by atoms with Crippen LogP contribution in [-0.2, 0) is 11.3 Å². The summed E-state index contributed by atoms with van der Waals surface area (Å²) in [5, 5.41) is 3.03. The molecular weight excluding hydrogens is 204 g/mol. The first-order valence-electron chi connectivity index (χ1n) is 5.52. The van der Waals surface area contributed by atoms with Crippen molar-refractivity contribution in [3.05, 3.63) is 24.3 Å². The van der Waals surface area contributed by atoms with Crippen molar-refractivity contribution in [2.45, 2.75) is 20.4 Å². The molecule has 0 aliphatic rings. The van der Waals surface area contributed by atoms with Gasteiger partial charge in [-0.15, -0.1) is 0 Å². The summed E-state index contributed by atoms with van der Waals surface area (Å²) in [5.41, 5.74) is 0. The average molecular weight is 222 g/mol. The normalized spacial score (nSPS) is 10.1. The van der Waals surface area contributed by atoms with Gasteiger partial charge in [-0.05, 0) is 19.9 Å². The van der Waals surface area contributed by atoms with Crippen molar-refractivity contribution in [1.82, 2.24) is 20.2 Å². The van der Waals surface area contributed by atoms with E-state index in [9.17, 15) is 4.79 Å². The largest absolute Gasteiger partial charge is 0.342 e. The summed E-state index contributed by atoms with van der Waals surface area (Å²) in [6, 6.07) is 1.77. The monoisotopic (exact) mass is 222 g/mol. The Kier molecular flexibility index (Phi) is 5.42. The Morgan fingerprint density at radius 2 is 1.94 bits per heavy atom. The SMILES string of the molecule is CCN(CC)C(=O)CNCc1ncccn1. The lowest BCUT2D eigenvalue weighted by atomic mass is 10.4. The van der Waals surface area contributed by atoms with Crippen LogP contribution in [0.5, 0.6) is 0 Å². The van der Waals surface area contributed by atoms with Gasteiger partial charge in [-0.3, -0.25) is 4.79 Å². The van der Waals surface area contributed by atoms with E-state index in [2.05, 4.69) is 15.3 Å². The van der Waals surface area contributed by atoms with Gasteiger partial charge < -0.3 is 10.2 Å². The average Bonchev–Trinajstić information content (AvgIpc) is 2.32. The minimum Gasteiger partial charge on any atom is -0.342 e. The van der Waals surface area contributed by atoms with E-state index in [1.807, 2.05) is 13.8 Å². The number of nitrogens with one attached hydrogen (secondary N) is 1. The maximum absolute atomic E-state index is 11.6. The molecule has 0 saturated carbocycles. The van der Waals surface area contributed by atoms with Crippen molar-refractivity contribution in [3.8, 4) is 0 Å². The number of hydrogen-bond donors (Lipinski definition) is 1. The van der Waals surface area contributed by atoms with Crippen LogP contribution in [0.1, 0.15) is 19.7 Å². The lowest BCUT2D eigenvalue weighted by molar-refractivity contribution is -0.129. The van der Waals surface area contributed by atoms with Crippen LogP contribution in [0.2, 0.25) is 0 Å². The Morgan fingerprint density at radius 3 is 2.50 bits per heavy atom. The van der Waals surface area contributed by atoms with Gasteiger partial charge in [0.25, 0.3) is 0 Å². The molecule has 0 spiro atoms. The highest BCUT2D eigenvalue weighted by atomic mass is 16.2. The summed E-state index contributed by atoms with van der Waals surface area (Å²) >= 11 is 0. The fraction of sp³-hybridized carbons (Fsp3) is 0.545. The van der Waals surface area contributed by atoms with Crippen molar-refractivity contribution < 1.29 is 4.79 Å². The zero-order valence-corrected chi connectivity index (χ0v) is 9.81. The van der Waals surface area contributed by atoms with E-state index in [4.69, 9.17) is 0 Å². The molecule has 0 bridgehead atoms. The van der Waals surface area contributed by atoms with Crippen LogP contribution in [0.4, 0.5) is 0 Å². The Morgan fingerprint density at radius 1 is 1.31 bits per heavy atom. The van der Waals surface area contributed by atoms with E-state index in [1.54, 1.807) is 23.4 Å². The van der Waals surface area contributed by atoms with Crippen LogP contribution in [0.3, 0.4) is 0 Å². The third-order valence-electron chi connectivity index (χ3n) is 2.29.